The maximum Gasteiger partial charge on any atom is 0.281 e. The van der Waals surface area contributed by atoms with Crippen molar-refractivity contribution in [2.75, 3.05) is 0 Å². The van der Waals surface area contributed by atoms with E-state index in [4.69, 9.17) is 0 Å². The number of amides is 1. The number of halogens is 1. The summed E-state index contributed by atoms with van der Waals surface area (Å²) >= 11 is 3.04. The zero-order valence-corrected chi connectivity index (χ0v) is 17.0. The van der Waals surface area contributed by atoms with E-state index in [9.17, 15) is 25.1 Å². The fourth-order valence-corrected chi connectivity index (χ4v) is 3.30. The number of nitrogens with zero attached hydrogens (tertiary/aromatic N) is 2. The van der Waals surface area contributed by atoms with Crippen molar-refractivity contribution in [3.05, 3.63) is 104 Å². The quantitative estimate of drug-likeness (QED) is 0.289. The minimum absolute atomic E-state index is 0.0133. The summed E-state index contributed by atoms with van der Waals surface area (Å²) in [5.41, 5.74) is 0.648. The fourth-order valence-electron chi connectivity index (χ4n) is 2.84. The SMILES string of the molecule is O=C(N/N=C/c1cc([N+](=O)[O-])cc(Br)c1O)C(O)(c1ccccc1)c1ccccc1. The Morgan fingerprint density at radius 1 is 1.07 bits per heavy atom. The lowest BCUT2D eigenvalue weighted by Crippen LogP contribution is -2.43. The van der Waals surface area contributed by atoms with Gasteiger partial charge in [-0.2, -0.15) is 5.10 Å². The van der Waals surface area contributed by atoms with Crippen molar-refractivity contribution in [3.8, 4) is 5.75 Å². The van der Waals surface area contributed by atoms with Crippen LogP contribution in [0.15, 0.2) is 82.4 Å². The van der Waals surface area contributed by atoms with Gasteiger partial charge in [0.1, 0.15) is 5.75 Å². The van der Waals surface area contributed by atoms with Gasteiger partial charge in [-0.15, -0.1) is 0 Å². The van der Waals surface area contributed by atoms with Crippen molar-refractivity contribution < 1.29 is 19.9 Å². The molecule has 0 atom stereocenters. The maximum absolute atomic E-state index is 12.9. The monoisotopic (exact) mass is 469 g/mol. The van der Waals surface area contributed by atoms with Gasteiger partial charge in [0.15, 0.2) is 5.60 Å². The Morgan fingerprint density at radius 2 is 1.60 bits per heavy atom. The number of hydrogen-bond donors (Lipinski definition) is 3. The highest BCUT2D eigenvalue weighted by Gasteiger charge is 2.39. The topological polar surface area (TPSA) is 125 Å². The minimum atomic E-state index is -2.02. The number of hydrogen-bond acceptors (Lipinski definition) is 6. The molecule has 3 aromatic carbocycles. The summed E-state index contributed by atoms with van der Waals surface area (Å²) < 4.78 is 0.106. The number of non-ortho nitro benzene ring substituents is 1. The van der Waals surface area contributed by atoms with Crippen LogP contribution in [0.1, 0.15) is 16.7 Å². The lowest BCUT2D eigenvalue weighted by Gasteiger charge is -2.27. The highest BCUT2D eigenvalue weighted by Crippen LogP contribution is 2.32. The average molecular weight is 470 g/mol. The standard InChI is InChI=1S/C21H16BrN3O5/c22-18-12-17(25(29)30)11-14(19(18)26)13-23-24-20(27)21(28,15-7-3-1-4-8-15)16-9-5-2-6-10-16/h1-13,26,28H,(H,24,27)/b23-13+. The number of carbonyl (C=O) groups is 1. The van der Waals surface area contributed by atoms with Gasteiger partial charge in [0.05, 0.1) is 15.6 Å². The van der Waals surface area contributed by atoms with Gasteiger partial charge in [-0.1, -0.05) is 60.7 Å². The third kappa shape index (κ3) is 4.22. The maximum atomic E-state index is 12.9. The van der Waals surface area contributed by atoms with E-state index in [1.54, 1.807) is 60.7 Å². The second-order valence-electron chi connectivity index (χ2n) is 6.26. The molecule has 0 heterocycles. The van der Waals surface area contributed by atoms with Crippen molar-refractivity contribution in [1.29, 1.82) is 0 Å². The molecule has 0 aromatic heterocycles. The number of hydrazone groups is 1. The van der Waals surface area contributed by atoms with Crippen LogP contribution in [0.2, 0.25) is 0 Å². The average Bonchev–Trinajstić information content (AvgIpc) is 2.76. The van der Waals surface area contributed by atoms with Crippen LogP contribution in [0.4, 0.5) is 5.69 Å². The number of aromatic hydroxyl groups is 1. The van der Waals surface area contributed by atoms with E-state index in [-0.39, 0.29) is 21.5 Å². The van der Waals surface area contributed by atoms with Gasteiger partial charge in [-0.05, 0) is 27.1 Å². The van der Waals surface area contributed by atoms with Gasteiger partial charge in [-0.25, -0.2) is 5.43 Å². The molecule has 30 heavy (non-hydrogen) atoms. The van der Waals surface area contributed by atoms with E-state index >= 15 is 0 Å². The zero-order valence-electron chi connectivity index (χ0n) is 15.4. The lowest BCUT2D eigenvalue weighted by molar-refractivity contribution is -0.385. The van der Waals surface area contributed by atoms with Crippen LogP contribution in [-0.2, 0) is 10.4 Å². The predicted molar refractivity (Wildman–Crippen MR) is 114 cm³/mol. The summed E-state index contributed by atoms with van der Waals surface area (Å²) in [5.74, 6) is -1.11. The second kappa shape index (κ2) is 8.85. The molecule has 3 aromatic rings. The normalized spacial score (nSPS) is 11.4. The fraction of sp³-hybridized carbons (Fsp3) is 0.0476. The van der Waals surface area contributed by atoms with Gasteiger partial charge in [-0.3, -0.25) is 14.9 Å². The van der Waals surface area contributed by atoms with Crippen LogP contribution < -0.4 is 5.43 Å². The van der Waals surface area contributed by atoms with Gasteiger partial charge in [0.25, 0.3) is 11.6 Å². The Morgan fingerprint density at radius 3 is 2.10 bits per heavy atom. The number of nitro groups is 1. The molecule has 3 N–H and O–H groups in total. The summed E-state index contributed by atoms with van der Waals surface area (Å²) in [6.45, 7) is 0. The third-order valence-electron chi connectivity index (χ3n) is 4.37. The summed E-state index contributed by atoms with van der Waals surface area (Å²) in [6, 6.07) is 19.0. The van der Waals surface area contributed by atoms with Crippen LogP contribution >= 0.6 is 15.9 Å². The molecule has 0 spiro atoms. The number of carbonyl (C=O) groups excluding carboxylic acids is 1. The largest absolute Gasteiger partial charge is 0.506 e. The molecule has 0 fully saturated rings. The van der Waals surface area contributed by atoms with E-state index < -0.39 is 16.4 Å². The first-order valence-electron chi connectivity index (χ1n) is 8.68. The van der Waals surface area contributed by atoms with Crippen molar-refractivity contribution >= 4 is 33.7 Å². The van der Waals surface area contributed by atoms with Crippen LogP contribution in [-0.4, -0.2) is 27.3 Å². The molecular formula is C21H16BrN3O5. The highest BCUT2D eigenvalue weighted by molar-refractivity contribution is 9.10. The number of phenols is 1. The highest BCUT2D eigenvalue weighted by atomic mass is 79.9. The summed E-state index contributed by atoms with van der Waals surface area (Å²) in [4.78, 5) is 23.3. The number of nitro benzene ring substituents is 1. The lowest BCUT2D eigenvalue weighted by atomic mass is 9.85. The number of rotatable bonds is 6. The Balaban J connectivity index is 1.92. The number of phenolic OH excluding ortho intramolecular Hbond substituents is 1. The van der Waals surface area contributed by atoms with E-state index in [0.717, 1.165) is 18.3 Å². The number of nitrogens with one attached hydrogen (secondary N) is 1. The smallest absolute Gasteiger partial charge is 0.281 e. The van der Waals surface area contributed by atoms with Gasteiger partial charge in [0.2, 0.25) is 0 Å². The molecule has 0 aliphatic rings. The summed E-state index contributed by atoms with van der Waals surface area (Å²) in [7, 11) is 0. The molecule has 0 saturated carbocycles. The molecule has 9 heteroatoms. The van der Waals surface area contributed by atoms with Crippen molar-refractivity contribution in [1.82, 2.24) is 5.43 Å². The molecular weight excluding hydrogens is 454 g/mol. The Bertz CT molecular complexity index is 1060. The molecule has 3 rings (SSSR count). The van der Waals surface area contributed by atoms with E-state index in [1.807, 2.05) is 0 Å². The van der Waals surface area contributed by atoms with Crippen molar-refractivity contribution in [2.45, 2.75) is 5.60 Å². The van der Waals surface area contributed by atoms with E-state index in [1.165, 1.54) is 0 Å². The second-order valence-corrected chi connectivity index (χ2v) is 7.12. The first kappa shape index (κ1) is 21.2. The molecule has 0 aliphatic heterocycles. The van der Waals surface area contributed by atoms with Crippen molar-refractivity contribution in [3.63, 3.8) is 0 Å². The van der Waals surface area contributed by atoms with Crippen LogP contribution in [0.5, 0.6) is 5.75 Å². The van der Waals surface area contributed by atoms with Crippen LogP contribution in [0, 0.1) is 10.1 Å². The Hall–Kier alpha value is -3.56. The predicted octanol–water partition coefficient (Wildman–Crippen LogP) is 3.45. The van der Waals surface area contributed by atoms with Crippen LogP contribution in [0.25, 0.3) is 0 Å². The molecule has 152 valence electrons. The molecule has 0 unspecified atom stereocenters. The molecule has 0 saturated heterocycles. The zero-order chi connectivity index (χ0) is 21.7. The summed E-state index contributed by atoms with van der Waals surface area (Å²) in [5, 5.41) is 36.1. The summed E-state index contributed by atoms with van der Waals surface area (Å²) in [6.07, 6.45) is 1.06. The van der Waals surface area contributed by atoms with Gasteiger partial charge >= 0.3 is 0 Å². The molecule has 1 amide bonds. The van der Waals surface area contributed by atoms with Gasteiger partial charge in [0, 0.05) is 17.7 Å². The first-order chi connectivity index (χ1) is 14.3. The first-order valence-corrected chi connectivity index (χ1v) is 9.47. The van der Waals surface area contributed by atoms with Crippen LogP contribution in [0.3, 0.4) is 0 Å². The Labute approximate surface area is 179 Å². The number of aliphatic hydroxyl groups is 1. The molecule has 0 bridgehead atoms. The number of benzene rings is 3. The third-order valence-corrected chi connectivity index (χ3v) is 4.97. The Kier molecular flexibility index (Phi) is 6.24. The van der Waals surface area contributed by atoms with E-state index in [2.05, 4.69) is 26.5 Å². The molecule has 0 radical (unpaired) electrons. The van der Waals surface area contributed by atoms with Gasteiger partial charge < -0.3 is 10.2 Å². The van der Waals surface area contributed by atoms with Crippen molar-refractivity contribution in [2.24, 2.45) is 5.10 Å². The minimum Gasteiger partial charge on any atom is -0.506 e. The van der Waals surface area contributed by atoms with E-state index in [0.29, 0.717) is 11.1 Å². The molecule has 0 aliphatic carbocycles. The molecule has 8 nitrogen and oxygen atoms in total.